The number of hydrogen-bond donors (Lipinski definition) is 0. The standard InChI is InChI=1S/C25H35F3O3/c1-3-18-6-13-23(22(26)16-18)30-15-14-25(27,28)20-9-7-19(8-10-20)24(29)31-21-11-4-17(2)5-12-21/h6,13,16-17,19-21H,3-5,7-12,14-15H2,1-2H3. The molecule has 174 valence electrons. The molecule has 0 aliphatic heterocycles. The van der Waals surface area contributed by atoms with Crippen molar-refractivity contribution in [3.05, 3.63) is 29.6 Å². The average molecular weight is 441 g/mol. The minimum atomic E-state index is -2.89. The highest BCUT2D eigenvalue weighted by Gasteiger charge is 2.42. The van der Waals surface area contributed by atoms with Crippen LogP contribution in [0.1, 0.15) is 77.2 Å². The summed E-state index contributed by atoms with van der Waals surface area (Å²) in [6, 6.07) is 4.61. The Bertz CT molecular complexity index is 721. The molecule has 2 fully saturated rings. The van der Waals surface area contributed by atoms with Gasteiger partial charge in [-0.05, 0) is 81.4 Å². The van der Waals surface area contributed by atoms with E-state index in [2.05, 4.69) is 6.92 Å². The lowest BCUT2D eigenvalue weighted by Gasteiger charge is -2.34. The number of carbonyl (C=O) groups excluding carboxylic acids is 1. The number of esters is 1. The van der Waals surface area contributed by atoms with Gasteiger partial charge in [-0.15, -0.1) is 0 Å². The minimum Gasteiger partial charge on any atom is -0.490 e. The van der Waals surface area contributed by atoms with E-state index in [4.69, 9.17) is 9.47 Å². The zero-order chi connectivity index (χ0) is 22.4. The van der Waals surface area contributed by atoms with E-state index in [0.717, 1.165) is 31.2 Å². The molecule has 6 heteroatoms. The largest absolute Gasteiger partial charge is 0.490 e. The van der Waals surface area contributed by atoms with Crippen molar-refractivity contribution < 1.29 is 27.4 Å². The van der Waals surface area contributed by atoms with E-state index in [1.54, 1.807) is 6.07 Å². The van der Waals surface area contributed by atoms with Crippen LogP contribution in [-0.2, 0) is 16.0 Å². The van der Waals surface area contributed by atoms with Crippen molar-refractivity contribution in [3.63, 3.8) is 0 Å². The summed E-state index contributed by atoms with van der Waals surface area (Å²) in [7, 11) is 0. The molecule has 0 bridgehead atoms. The third-order valence-electron chi connectivity index (χ3n) is 7.00. The van der Waals surface area contributed by atoms with Gasteiger partial charge in [0.25, 0.3) is 5.92 Å². The Morgan fingerprint density at radius 1 is 1.06 bits per heavy atom. The second kappa shape index (κ2) is 10.7. The fourth-order valence-corrected chi connectivity index (χ4v) is 4.74. The first-order valence-corrected chi connectivity index (χ1v) is 11.8. The van der Waals surface area contributed by atoms with Crippen LogP contribution < -0.4 is 4.74 Å². The molecule has 3 rings (SSSR count). The van der Waals surface area contributed by atoms with Gasteiger partial charge in [-0.25, -0.2) is 13.2 Å². The van der Waals surface area contributed by atoms with Crippen LogP contribution in [0.3, 0.4) is 0 Å². The van der Waals surface area contributed by atoms with Crippen LogP contribution in [0, 0.1) is 23.6 Å². The molecule has 1 aromatic carbocycles. The second-order valence-corrected chi connectivity index (χ2v) is 9.35. The van der Waals surface area contributed by atoms with Gasteiger partial charge in [0.15, 0.2) is 11.6 Å². The molecule has 0 heterocycles. The van der Waals surface area contributed by atoms with E-state index < -0.39 is 24.1 Å². The topological polar surface area (TPSA) is 35.5 Å². The monoisotopic (exact) mass is 440 g/mol. The van der Waals surface area contributed by atoms with Crippen molar-refractivity contribution >= 4 is 5.97 Å². The number of hydrogen-bond acceptors (Lipinski definition) is 3. The third kappa shape index (κ3) is 6.63. The summed E-state index contributed by atoms with van der Waals surface area (Å²) in [5.41, 5.74) is 0.837. The van der Waals surface area contributed by atoms with Gasteiger partial charge < -0.3 is 9.47 Å². The minimum absolute atomic E-state index is 0.00759. The highest BCUT2D eigenvalue weighted by molar-refractivity contribution is 5.72. The molecule has 1 aromatic rings. The predicted molar refractivity (Wildman–Crippen MR) is 114 cm³/mol. The molecule has 0 saturated heterocycles. The number of aryl methyl sites for hydroxylation is 1. The number of ether oxygens (including phenoxy) is 2. The van der Waals surface area contributed by atoms with Crippen molar-refractivity contribution in [2.75, 3.05) is 6.61 Å². The van der Waals surface area contributed by atoms with E-state index in [0.29, 0.717) is 38.0 Å². The van der Waals surface area contributed by atoms with E-state index in [9.17, 15) is 18.0 Å². The molecule has 0 radical (unpaired) electrons. The first-order chi connectivity index (χ1) is 14.8. The van der Waals surface area contributed by atoms with Gasteiger partial charge in [-0.1, -0.05) is 19.9 Å². The SMILES string of the molecule is CCc1ccc(OCCC(F)(F)C2CCC(C(=O)OC3CCC(C)CC3)CC2)c(F)c1. The lowest BCUT2D eigenvalue weighted by molar-refractivity contribution is -0.159. The molecule has 0 atom stereocenters. The Morgan fingerprint density at radius 2 is 1.74 bits per heavy atom. The van der Waals surface area contributed by atoms with Crippen molar-refractivity contribution in [1.29, 1.82) is 0 Å². The molecule has 3 nitrogen and oxygen atoms in total. The summed E-state index contributed by atoms with van der Waals surface area (Å²) >= 11 is 0. The maximum Gasteiger partial charge on any atom is 0.309 e. The molecule has 2 saturated carbocycles. The Balaban J connectivity index is 1.41. The van der Waals surface area contributed by atoms with Gasteiger partial charge in [0.2, 0.25) is 0 Å². The number of benzene rings is 1. The normalized spacial score (nSPS) is 27.0. The zero-order valence-electron chi connectivity index (χ0n) is 18.7. The van der Waals surface area contributed by atoms with Gasteiger partial charge in [0, 0.05) is 12.3 Å². The molecule has 2 aliphatic rings. The number of halogens is 3. The molecule has 0 N–H and O–H groups in total. The van der Waals surface area contributed by atoms with E-state index in [1.165, 1.54) is 12.1 Å². The van der Waals surface area contributed by atoms with Crippen LogP contribution >= 0.6 is 0 Å². The predicted octanol–water partition coefficient (Wildman–Crippen LogP) is 6.72. The van der Waals surface area contributed by atoms with Gasteiger partial charge in [-0.2, -0.15) is 0 Å². The summed E-state index contributed by atoms with van der Waals surface area (Å²) in [5.74, 6) is -3.98. The zero-order valence-corrected chi connectivity index (χ0v) is 18.7. The van der Waals surface area contributed by atoms with E-state index in [-0.39, 0.29) is 30.3 Å². The van der Waals surface area contributed by atoms with Gasteiger partial charge in [0.05, 0.1) is 12.5 Å². The third-order valence-corrected chi connectivity index (χ3v) is 7.00. The van der Waals surface area contributed by atoms with E-state index in [1.807, 2.05) is 6.92 Å². The highest BCUT2D eigenvalue weighted by atomic mass is 19.3. The van der Waals surface area contributed by atoms with Crippen LogP contribution in [0.4, 0.5) is 13.2 Å². The maximum atomic E-state index is 14.7. The average Bonchev–Trinajstić information content (AvgIpc) is 2.76. The van der Waals surface area contributed by atoms with E-state index >= 15 is 0 Å². The van der Waals surface area contributed by atoms with Crippen LogP contribution in [0.5, 0.6) is 5.75 Å². The van der Waals surface area contributed by atoms with Gasteiger partial charge >= 0.3 is 5.97 Å². The Hall–Kier alpha value is -1.72. The summed E-state index contributed by atoms with van der Waals surface area (Å²) in [6.07, 6.45) is 5.68. The second-order valence-electron chi connectivity index (χ2n) is 9.35. The quantitative estimate of drug-likeness (QED) is 0.421. The van der Waals surface area contributed by atoms with Crippen LogP contribution in [0.2, 0.25) is 0 Å². The Morgan fingerprint density at radius 3 is 2.35 bits per heavy atom. The lowest BCUT2D eigenvalue weighted by Crippen LogP contribution is -2.36. The number of alkyl halides is 2. The summed E-state index contributed by atoms with van der Waals surface area (Å²) in [4.78, 5) is 12.4. The maximum absolute atomic E-state index is 14.7. The molecule has 2 aliphatic carbocycles. The fourth-order valence-electron chi connectivity index (χ4n) is 4.74. The van der Waals surface area contributed by atoms with Crippen LogP contribution in [0.25, 0.3) is 0 Å². The van der Waals surface area contributed by atoms with Gasteiger partial charge in [-0.3, -0.25) is 4.79 Å². The van der Waals surface area contributed by atoms with Crippen molar-refractivity contribution in [1.82, 2.24) is 0 Å². The molecule has 0 amide bonds. The summed E-state index contributed by atoms with van der Waals surface area (Å²) in [5, 5.41) is 0. The molecular weight excluding hydrogens is 405 g/mol. The first-order valence-electron chi connectivity index (χ1n) is 11.8. The van der Waals surface area contributed by atoms with Crippen LogP contribution in [0.15, 0.2) is 18.2 Å². The lowest BCUT2D eigenvalue weighted by atomic mass is 9.78. The Kier molecular flexibility index (Phi) is 8.29. The summed E-state index contributed by atoms with van der Waals surface area (Å²) in [6.45, 7) is 3.89. The molecule has 0 unspecified atom stereocenters. The molecule has 0 spiro atoms. The highest BCUT2D eigenvalue weighted by Crippen LogP contribution is 2.41. The Labute approximate surface area is 183 Å². The molecule has 31 heavy (non-hydrogen) atoms. The van der Waals surface area contributed by atoms with Crippen molar-refractivity contribution in [2.45, 2.75) is 90.1 Å². The first kappa shape index (κ1) is 23.9. The molecular formula is C25H35F3O3. The number of carbonyl (C=O) groups is 1. The van der Waals surface area contributed by atoms with Gasteiger partial charge in [0.1, 0.15) is 6.10 Å². The number of rotatable bonds is 8. The smallest absolute Gasteiger partial charge is 0.309 e. The van der Waals surface area contributed by atoms with Crippen LogP contribution in [-0.4, -0.2) is 24.6 Å². The van der Waals surface area contributed by atoms with Crippen molar-refractivity contribution in [2.24, 2.45) is 17.8 Å². The molecule has 0 aromatic heterocycles. The van der Waals surface area contributed by atoms with Crippen molar-refractivity contribution in [3.8, 4) is 5.75 Å². The fraction of sp³-hybridized carbons (Fsp3) is 0.720. The summed E-state index contributed by atoms with van der Waals surface area (Å²) < 4.78 is 54.3.